The summed E-state index contributed by atoms with van der Waals surface area (Å²) in [5.41, 5.74) is 0. The number of ether oxygens (including phenoxy) is 6. The number of carbonyl (C=O) groups excluding carboxylic acids is 5. The molecule has 2 aliphatic heterocycles. The van der Waals surface area contributed by atoms with Crippen molar-refractivity contribution < 1.29 is 116 Å². The lowest BCUT2D eigenvalue weighted by Gasteiger charge is -2.47. The Kier molecular flexibility index (Phi) is 59.6. The van der Waals surface area contributed by atoms with Crippen LogP contribution in [0.25, 0.3) is 0 Å². The second-order valence-electron chi connectivity index (χ2n) is 30.8. The van der Waals surface area contributed by atoms with Gasteiger partial charge in [-0.3, -0.25) is 33.0 Å². The van der Waals surface area contributed by atoms with Crippen molar-refractivity contribution >= 4 is 45.4 Å². The first-order valence-electron chi connectivity index (χ1n) is 42.8. The minimum atomic E-state index is -5.64. The van der Waals surface area contributed by atoms with Gasteiger partial charge in [0.15, 0.2) is 24.8 Å². The molecule has 28 heteroatoms. The molecule has 2 fully saturated rings. The van der Waals surface area contributed by atoms with Crippen molar-refractivity contribution in [2.24, 2.45) is 0 Å². The minimum Gasteiger partial charge on any atom is -0.462 e. The Bertz CT molecular complexity index is 2370. The number of rotatable bonds is 71. The number of amides is 2. The van der Waals surface area contributed by atoms with Crippen LogP contribution in [0.5, 0.6) is 0 Å². The molecule has 0 aliphatic carbocycles. The van der Waals surface area contributed by atoms with Crippen LogP contribution in [0.15, 0.2) is 0 Å². The van der Waals surface area contributed by atoms with Gasteiger partial charge in [-0.15, -0.1) is 0 Å². The Hall–Kier alpha value is -2.75. The summed E-state index contributed by atoms with van der Waals surface area (Å²) >= 11 is 0. The van der Waals surface area contributed by atoms with Gasteiger partial charge in [0.2, 0.25) is 11.8 Å². The first-order valence-corrected chi connectivity index (χ1v) is 45.8. The molecule has 2 heterocycles. The molecule has 636 valence electrons. The Labute approximate surface area is 649 Å². The van der Waals surface area contributed by atoms with Gasteiger partial charge in [0, 0.05) is 6.42 Å². The van der Waals surface area contributed by atoms with E-state index in [1.165, 1.54) is 44.9 Å². The monoisotopic (exact) mass is 1590 g/mol. The zero-order chi connectivity index (χ0) is 79.6. The van der Waals surface area contributed by atoms with E-state index >= 15 is 0 Å². The van der Waals surface area contributed by atoms with E-state index in [-0.39, 0.29) is 32.1 Å². The molecule has 2 amide bonds. The molecule has 0 aromatic carbocycles. The van der Waals surface area contributed by atoms with E-state index in [1.54, 1.807) is 0 Å². The maximum atomic E-state index is 14.7. The van der Waals surface area contributed by atoms with E-state index in [0.29, 0.717) is 32.1 Å². The number of aliphatic hydroxyl groups excluding tert-OH is 5. The lowest BCUT2D eigenvalue weighted by Crippen LogP contribution is -2.68. The van der Waals surface area contributed by atoms with Crippen molar-refractivity contribution in [1.82, 2.24) is 10.6 Å². The van der Waals surface area contributed by atoms with E-state index in [4.69, 9.17) is 37.5 Å². The lowest BCUT2D eigenvalue weighted by molar-refractivity contribution is -0.297. The van der Waals surface area contributed by atoms with E-state index in [2.05, 4.69) is 45.3 Å². The number of esters is 3. The molecule has 9 unspecified atom stereocenters. The first kappa shape index (κ1) is 101. The maximum absolute atomic E-state index is 14.7. The highest BCUT2D eigenvalue weighted by atomic mass is 31.2. The summed E-state index contributed by atoms with van der Waals surface area (Å²) in [4.78, 5) is 112. The molecule has 0 bridgehead atoms. The third kappa shape index (κ3) is 51.2. The average molecular weight is 1590 g/mol. The van der Waals surface area contributed by atoms with Crippen LogP contribution < -0.4 is 10.6 Å². The van der Waals surface area contributed by atoms with Crippen molar-refractivity contribution in [3.8, 4) is 0 Å². The molecule has 2 aliphatic rings. The van der Waals surface area contributed by atoms with Crippen LogP contribution in [-0.2, 0) is 70.6 Å². The number of hydrogen-bond donors (Lipinski definition) is 11. The first-order chi connectivity index (χ1) is 51.9. The Balaban J connectivity index is 2.68. The summed E-state index contributed by atoms with van der Waals surface area (Å²) in [6.07, 6.45) is 22.7. The van der Waals surface area contributed by atoms with Crippen molar-refractivity contribution in [1.29, 1.82) is 0 Å². The summed E-state index contributed by atoms with van der Waals surface area (Å²) in [6.45, 7) is 8.70. The summed E-state index contributed by atoms with van der Waals surface area (Å²) in [5, 5.41) is 62.0. The summed E-state index contributed by atoms with van der Waals surface area (Å²) in [7, 11) is -11.3. The molecule has 0 spiro atoms. The molecule has 0 aromatic heterocycles. The van der Waals surface area contributed by atoms with Gasteiger partial charge in [-0.25, -0.2) is 9.13 Å². The Morgan fingerprint density at radius 1 is 0.380 bits per heavy atom. The molecule has 0 saturated carbocycles. The smallest absolute Gasteiger partial charge is 0.462 e. The van der Waals surface area contributed by atoms with Gasteiger partial charge < -0.3 is 84.2 Å². The molecule has 0 aromatic rings. The maximum Gasteiger partial charge on any atom is 0.472 e. The van der Waals surface area contributed by atoms with Crippen molar-refractivity contribution in [2.75, 3.05) is 13.2 Å². The van der Waals surface area contributed by atoms with Gasteiger partial charge in [0.05, 0.1) is 57.2 Å². The molecule has 108 heavy (non-hydrogen) atoms. The topological polar surface area (TPSA) is 399 Å². The van der Waals surface area contributed by atoms with Crippen molar-refractivity contribution in [3.63, 3.8) is 0 Å². The third-order valence-corrected chi connectivity index (χ3v) is 21.6. The second-order valence-corrected chi connectivity index (χ2v) is 33.2. The number of phosphoric ester groups is 2. The molecule has 11 N–H and O–H groups in total. The third-order valence-electron chi connectivity index (χ3n) is 20.6. The number of hydrogen-bond acceptors (Lipinski definition) is 20. The molecule has 26 nitrogen and oxygen atoms in total. The van der Waals surface area contributed by atoms with Crippen LogP contribution in [0.2, 0.25) is 0 Å². The van der Waals surface area contributed by atoms with Crippen molar-refractivity contribution in [3.05, 3.63) is 0 Å². The highest BCUT2D eigenvalue weighted by Gasteiger charge is 2.55. The van der Waals surface area contributed by atoms with Crippen LogP contribution in [0, 0.1) is 0 Å². The number of nitrogens with one attached hydrogen (secondary N) is 2. The second kappa shape index (κ2) is 63.5. The predicted octanol–water partition coefficient (Wildman–Crippen LogP) is 15.3. The quantitative estimate of drug-likeness (QED) is 0.0117. The van der Waals surface area contributed by atoms with E-state index < -0.39 is 170 Å². The molecule has 14 atom stereocenters. The fraction of sp³-hybridized carbons (Fsp3) is 0.938. The van der Waals surface area contributed by atoms with Crippen molar-refractivity contribution in [2.45, 2.75) is 467 Å². The van der Waals surface area contributed by atoms with Crippen LogP contribution in [0.4, 0.5) is 0 Å². The molecule has 0 radical (unpaired) electrons. The fourth-order valence-electron chi connectivity index (χ4n) is 14.3. The molecular weight excluding hydrogens is 1430 g/mol. The Morgan fingerprint density at radius 2 is 0.704 bits per heavy atom. The van der Waals surface area contributed by atoms with Gasteiger partial charge in [-0.1, -0.05) is 311 Å². The fourth-order valence-corrected chi connectivity index (χ4v) is 15.3. The summed E-state index contributed by atoms with van der Waals surface area (Å²) in [6, 6.07) is -3.80. The molecular formula is C80H152N2O24P2. The number of unbranched alkanes of at least 4 members (excludes halogenated alkanes) is 40. The highest BCUT2D eigenvalue weighted by Crippen LogP contribution is 2.44. The summed E-state index contributed by atoms with van der Waals surface area (Å²) < 4.78 is 72.6. The normalized spacial score (nSPS) is 21.6. The van der Waals surface area contributed by atoms with Crippen LogP contribution >= 0.6 is 15.6 Å². The predicted molar refractivity (Wildman–Crippen MR) is 416 cm³/mol. The zero-order valence-electron chi connectivity index (χ0n) is 67.2. The van der Waals surface area contributed by atoms with E-state index in [0.717, 1.165) is 212 Å². The molecule has 2 rings (SSSR count). The van der Waals surface area contributed by atoms with E-state index in [9.17, 15) is 78.2 Å². The number of aliphatic hydroxyl groups is 5. The zero-order valence-corrected chi connectivity index (χ0v) is 69.0. The van der Waals surface area contributed by atoms with Gasteiger partial charge in [-0.05, 0) is 38.5 Å². The number of carbonyl (C=O) groups is 5. The average Bonchev–Trinajstić information content (AvgIpc) is 0.781. The van der Waals surface area contributed by atoms with Gasteiger partial charge in [-0.2, -0.15) is 0 Å². The lowest BCUT2D eigenvalue weighted by atomic mass is 9.95. The van der Waals surface area contributed by atoms with Gasteiger partial charge >= 0.3 is 33.6 Å². The largest absolute Gasteiger partial charge is 0.472 e. The SMILES string of the molecule is CCCCCCCCCCCC(=O)OC(CCCCCCCCCCC)CC(=O)O[C@@H]1C(NC(=O)CC(O)CCCCCCCCCCC)[C@H](OCC2OC(OP(=O)(O)O)C(NC(=O)CC(O)CCCCCCCCCCC)[C@@H](OC(=O)CC(O)CCCCCCCCCCC)[C@@H]2O)OC(CO)[C@H]1OP(=O)(O)O. The summed E-state index contributed by atoms with van der Waals surface area (Å²) in [5.74, 6) is -4.53. The number of phosphoric acid groups is 2. The van der Waals surface area contributed by atoms with Crippen LogP contribution in [-0.4, -0.2) is 174 Å². The highest BCUT2D eigenvalue weighted by molar-refractivity contribution is 7.46. The van der Waals surface area contributed by atoms with E-state index in [1.807, 2.05) is 0 Å². The van der Waals surface area contributed by atoms with Crippen LogP contribution in [0.3, 0.4) is 0 Å². The standard InChI is InChI=1S/C80H152N2O24P2/c1-6-11-16-21-26-31-36-41-46-51-62(84)56-68(87)81-73-77(103-71(90)58-64(86)53-48-43-38-33-28-23-18-13-8-3)75(92)67(102-80(73)106-108(96,97)98)61-99-79-74(82-69(88)57-63(85)52-47-42-37-32-27-22-17-12-7-2)78(76(66(60-83)101-79)105-107(93,94)95)104-72(91)59-65(54-49-44-39-34-29-24-19-14-9-4)100-70(89)55-50-45-40-35-30-25-20-15-10-5/h62-67,73-80,83-86,92H,6-61H2,1-5H3,(H,81,87)(H,82,88)(H2,93,94,95)(H2,96,97,98)/t62?,63?,64?,65?,66?,67?,73?,74?,75-,76-,77-,78-,79-,80?/m1/s1. The Morgan fingerprint density at radius 3 is 1.08 bits per heavy atom. The van der Waals surface area contributed by atoms with Crippen LogP contribution in [0.1, 0.15) is 381 Å². The minimum absolute atomic E-state index is 0.0871. The van der Waals surface area contributed by atoms with Gasteiger partial charge in [0.1, 0.15) is 42.6 Å². The van der Waals surface area contributed by atoms with Gasteiger partial charge in [0.25, 0.3) is 0 Å². The molecule has 2 saturated heterocycles.